The number of carbonyl (C=O) groups excluding carboxylic acids is 1. The molecule has 1 aliphatic carbocycles. The van der Waals surface area contributed by atoms with E-state index >= 15 is 0 Å². The topological polar surface area (TPSA) is 29.5 Å². The first kappa shape index (κ1) is 11.3. The highest BCUT2D eigenvalue weighted by atomic mass is 32.2. The van der Waals surface area contributed by atoms with Crippen LogP contribution in [-0.4, -0.2) is 48.1 Å². The molecule has 0 spiro atoms. The molecule has 2 aliphatic rings. The standard InChI is InChI=1S/C11H19NO2S/c1-14-11(13)9-6-7-12(9)8-4-3-5-10(8)15-2/h8-10H,3-7H2,1-2H3. The predicted molar refractivity (Wildman–Crippen MR) is 62.1 cm³/mol. The zero-order valence-corrected chi connectivity index (χ0v) is 10.3. The minimum Gasteiger partial charge on any atom is -0.468 e. The molecule has 3 unspecified atom stereocenters. The van der Waals surface area contributed by atoms with Crippen LogP contribution in [0.2, 0.25) is 0 Å². The van der Waals surface area contributed by atoms with E-state index < -0.39 is 0 Å². The Balaban J connectivity index is 1.96. The summed E-state index contributed by atoms with van der Waals surface area (Å²) in [5, 5.41) is 0.720. The van der Waals surface area contributed by atoms with E-state index in [4.69, 9.17) is 4.74 Å². The highest BCUT2D eigenvalue weighted by Gasteiger charge is 2.43. The number of ether oxygens (including phenoxy) is 1. The number of nitrogens with zero attached hydrogens (tertiary/aromatic N) is 1. The van der Waals surface area contributed by atoms with Crippen LogP contribution in [0.5, 0.6) is 0 Å². The van der Waals surface area contributed by atoms with Gasteiger partial charge >= 0.3 is 5.97 Å². The third-order valence-corrected chi connectivity index (χ3v) is 4.84. The van der Waals surface area contributed by atoms with Crippen molar-refractivity contribution in [1.82, 2.24) is 4.90 Å². The lowest BCUT2D eigenvalue weighted by Crippen LogP contribution is -2.58. The monoisotopic (exact) mass is 229 g/mol. The van der Waals surface area contributed by atoms with E-state index in [2.05, 4.69) is 11.2 Å². The van der Waals surface area contributed by atoms with Crippen molar-refractivity contribution in [1.29, 1.82) is 0 Å². The molecule has 2 fully saturated rings. The number of likely N-dealkylation sites (tertiary alicyclic amines) is 1. The normalized spacial score (nSPS) is 36.3. The van der Waals surface area contributed by atoms with Crippen LogP contribution in [0, 0.1) is 0 Å². The van der Waals surface area contributed by atoms with E-state index in [9.17, 15) is 4.79 Å². The van der Waals surface area contributed by atoms with Gasteiger partial charge in [0, 0.05) is 17.8 Å². The third kappa shape index (κ3) is 2.02. The lowest BCUT2D eigenvalue weighted by molar-refractivity contribution is -0.153. The first-order chi connectivity index (χ1) is 7.27. The number of methoxy groups -OCH3 is 1. The largest absolute Gasteiger partial charge is 0.468 e. The fourth-order valence-electron chi connectivity index (χ4n) is 2.75. The number of carbonyl (C=O) groups is 1. The Morgan fingerprint density at radius 3 is 2.73 bits per heavy atom. The second-order valence-electron chi connectivity index (χ2n) is 4.34. The van der Waals surface area contributed by atoms with Crippen LogP contribution in [0.4, 0.5) is 0 Å². The molecule has 86 valence electrons. The number of thioether (sulfide) groups is 1. The zero-order valence-electron chi connectivity index (χ0n) is 9.44. The van der Waals surface area contributed by atoms with E-state index in [1.165, 1.54) is 26.4 Å². The number of rotatable bonds is 3. The summed E-state index contributed by atoms with van der Waals surface area (Å²) in [5.41, 5.74) is 0. The molecular weight excluding hydrogens is 210 g/mol. The van der Waals surface area contributed by atoms with Crippen LogP contribution in [0.1, 0.15) is 25.7 Å². The van der Waals surface area contributed by atoms with Gasteiger partial charge in [0.25, 0.3) is 0 Å². The van der Waals surface area contributed by atoms with Crippen LogP contribution < -0.4 is 0 Å². The summed E-state index contributed by atoms with van der Waals surface area (Å²) in [6, 6.07) is 0.658. The summed E-state index contributed by atoms with van der Waals surface area (Å²) in [6.45, 7) is 1.07. The van der Waals surface area contributed by atoms with Gasteiger partial charge in [-0.1, -0.05) is 6.42 Å². The van der Waals surface area contributed by atoms with Gasteiger partial charge in [0.1, 0.15) is 6.04 Å². The quantitative estimate of drug-likeness (QED) is 0.686. The minimum absolute atomic E-state index is 0.0481. The first-order valence-electron chi connectivity index (χ1n) is 5.64. The van der Waals surface area contributed by atoms with E-state index in [-0.39, 0.29) is 12.0 Å². The lowest BCUT2D eigenvalue weighted by atomic mass is 9.99. The molecule has 0 aromatic rings. The summed E-state index contributed by atoms with van der Waals surface area (Å²) in [4.78, 5) is 13.8. The molecule has 2 rings (SSSR count). The van der Waals surface area contributed by atoms with Crippen molar-refractivity contribution in [2.45, 2.75) is 43.0 Å². The smallest absolute Gasteiger partial charge is 0.323 e. The summed E-state index contributed by atoms with van der Waals surface area (Å²) in [5.74, 6) is -0.0481. The molecule has 1 saturated heterocycles. The van der Waals surface area contributed by atoms with Crippen molar-refractivity contribution >= 4 is 17.7 Å². The maximum atomic E-state index is 11.5. The molecule has 0 N–H and O–H groups in total. The Morgan fingerprint density at radius 2 is 2.20 bits per heavy atom. The molecule has 3 atom stereocenters. The van der Waals surface area contributed by atoms with Crippen LogP contribution in [0.15, 0.2) is 0 Å². The van der Waals surface area contributed by atoms with E-state index in [0.29, 0.717) is 6.04 Å². The van der Waals surface area contributed by atoms with Gasteiger partial charge in [-0.3, -0.25) is 9.69 Å². The fourth-order valence-corrected chi connectivity index (χ4v) is 3.76. The van der Waals surface area contributed by atoms with Gasteiger partial charge in [-0.05, 0) is 25.5 Å². The third-order valence-electron chi connectivity index (χ3n) is 3.68. The second-order valence-corrected chi connectivity index (χ2v) is 5.41. The highest BCUT2D eigenvalue weighted by molar-refractivity contribution is 7.99. The zero-order chi connectivity index (χ0) is 10.8. The van der Waals surface area contributed by atoms with Gasteiger partial charge in [-0.15, -0.1) is 0 Å². The molecule has 0 radical (unpaired) electrons. The molecule has 0 aromatic carbocycles. The number of hydrogen-bond donors (Lipinski definition) is 0. The van der Waals surface area contributed by atoms with Gasteiger partial charge in [0.15, 0.2) is 0 Å². The van der Waals surface area contributed by atoms with Crippen molar-refractivity contribution < 1.29 is 9.53 Å². The Bertz CT molecular complexity index is 247. The Labute approximate surface area is 95.5 Å². The van der Waals surface area contributed by atoms with Gasteiger partial charge < -0.3 is 4.74 Å². The SMILES string of the molecule is COC(=O)C1CCN1C1CCCC1SC. The highest BCUT2D eigenvalue weighted by Crippen LogP contribution is 2.36. The Hall–Kier alpha value is -0.220. The molecule has 3 nitrogen and oxygen atoms in total. The maximum absolute atomic E-state index is 11.5. The predicted octanol–water partition coefficient (Wildman–Crippen LogP) is 1.52. The van der Waals surface area contributed by atoms with Gasteiger partial charge in [0.05, 0.1) is 7.11 Å². The summed E-state index contributed by atoms with van der Waals surface area (Å²) < 4.78 is 4.83. The maximum Gasteiger partial charge on any atom is 0.323 e. The van der Waals surface area contributed by atoms with Crippen molar-refractivity contribution in [2.24, 2.45) is 0 Å². The van der Waals surface area contributed by atoms with Crippen molar-refractivity contribution in [3.05, 3.63) is 0 Å². The molecule has 4 heteroatoms. The first-order valence-corrected chi connectivity index (χ1v) is 6.93. The van der Waals surface area contributed by atoms with Crippen LogP contribution in [0.25, 0.3) is 0 Å². The molecule has 1 heterocycles. The van der Waals surface area contributed by atoms with Crippen molar-refractivity contribution in [3.8, 4) is 0 Å². The van der Waals surface area contributed by atoms with Crippen molar-refractivity contribution in [2.75, 3.05) is 19.9 Å². The van der Waals surface area contributed by atoms with E-state index in [0.717, 1.165) is 18.2 Å². The fraction of sp³-hybridized carbons (Fsp3) is 0.909. The molecule has 1 saturated carbocycles. The van der Waals surface area contributed by atoms with E-state index in [1.807, 2.05) is 11.8 Å². The number of esters is 1. The van der Waals surface area contributed by atoms with Crippen LogP contribution in [-0.2, 0) is 9.53 Å². The van der Waals surface area contributed by atoms with Crippen molar-refractivity contribution in [3.63, 3.8) is 0 Å². The van der Waals surface area contributed by atoms with Crippen LogP contribution >= 0.6 is 11.8 Å². The summed E-state index contributed by atoms with van der Waals surface area (Å²) in [7, 11) is 1.49. The molecule has 0 amide bonds. The molecule has 1 aliphatic heterocycles. The van der Waals surface area contributed by atoms with E-state index in [1.54, 1.807) is 0 Å². The lowest BCUT2D eigenvalue weighted by Gasteiger charge is -2.44. The Morgan fingerprint density at radius 1 is 1.40 bits per heavy atom. The summed E-state index contributed by atoms with van der Waals surface area (Å²) >= 11 is 1.95. The molecule has 0 bridgehead atoms. The Kier molecular flexibility index (Phi) is 3.57. The van der Waals surface area contributed by atoms with Crippen LogP contribution in [0.3, 0.4) is 0 Å². The second kappa shape index (κ2) is 4.74. The van der Waals surface area contributed by atoms with Gasteiger partial charge in [-0.2, -0.15) is 11.8 Å². The van der Waals surface area contributed by atoms with Gasteiger partial charge in [-0.25, -0.2) is 0 Å². The average molecular weight is 229 g/mol. The molecular formula is C11H19NO2S. The molecule has 0 aromatic heterocycles. The molecule has 15 heavy (non-hydrogen) atoms. The summed E-state index contributed by atoms with van der Waals surface area (Å²) in [6.07, 6.45) is 7.01. The van der Waals surface area contributed by atoms with Gasteiger partial charge in [0.2, 0.25) is 0 Å². The minimum atomic E-state index is -0.0481. The number of hydrogen-bond acceptors (Lipinski definition) is 4. The average Bonchev–Trinajstić information content (AvgIpc) is 2.64.